The van der Waals surface area contributed by atoms with Crippen molar-refractivity contribution in [3.05, 3.63) is 95.9 Å². The van der Waals surface area contributed by atoms with E-state index in [1.807, 2.05) is 36.5 Å². The minimum atomic E-state index is -0.378. The second-order valence-electron chi connectivity index (χ2n) is 7.81. The number of carbonyl (C=O) groups excluding carboxylic acids is 1. The van der Waals surface area contributed by atoms with Crippen LogP contribution in [0.3, 0.4) is 0 Å². The van der Waals surface area contributed by atoms with Crippen LogP contribution in [0, 0.1) is 5.82 Å². The molecule has 7 heteroatoms. The lowest BCUT2D eigenvalue weighted by Crippen LogP contribution is -3.00. The first-order chi connectivity index (χ1) is 16.1. The molecule has 3 aromatic carbocycles. The van der Waals surface area contributed by atoms with Gasteiger partial charge in [-0.2, -0.15) is 4.57 Å². The van der Waals surface area contributed by atoms with E-state index in [-0.39, 0.29) is 28.8 Å². The number of esters is 1. The number of aromatic amines is 1. The summed E-state index contributed by atoms with van der Waals surface area (Å²) in [6.07, 6.45) is 2.03. The second kappa shape index (κ2) is 9.65. The first-order valence-corrected chi connectivity index (χ1v) is 10.5. The van der Waals surface area contributed by atoms with Crippen molar-refractivity contribution in [2.75, 3.05) is 14.2 Å². The first-order valence-electron chi connectivity index (χ1n) is 10.5. The van der Waals surface area contributed by atoms with Crippen LogP contribution in [-0.2, 0) is 11.3 Å². The number of rotatable bonds is 5. The lowest BCUT2D eigenvalue weighted by Gasteiger charge is -2.07. The molecule has 1 N–H and O–H groups in total. The van der Waals surface area contributed by atoms with Crippen molar-refractivity contribution in [2.45, 2.75) is 6.54 Å². The van der Waals surface area contributed by atoms with Gasteiger partial charge in [-0.25, -0.2) is 9.18 Å². The molecule has 0 spiro atoms. The van der Waals surface area contributed by atoms with Crippen LogP contribution in [0.2, 0.25) is 0 Å². The third-order valence-corrected chi connectivity index (χ3v) is 5.84. The molecule has 5 nitrogen and oxygen atoms in total. The fraction of sp³-hybridized carbons (Fsp3) is 0.111. The molecule has 0 saturated carbocycles. The summed E-state index contributed by atoms with van der Waals surface area (Å²) in [4.78, 5) is 15.5. The van der Waals surface area contributed by atoms with Crippen molar-refractivity contribution in [2.24, 2.45) is 0 Å². The van der Waals surface area contributed by atoms with Gasteiger partial charge >= 0.3 is 5.97 Å². The van der Waals surface area contributed by atoms with E-state index in [1.165, 1.54) is 19.2 Å². The summed E-state index contributed by atoms with van der Waals surface area (Å²) >= 11 is 0. The first kappa shape index (κ1) is 23.4. The quantitative estimate of drug-likeness (QED) is 0.285. The van der Waals surface area contributed by atoms with Gasteiger partial charge in [0.15, 0.2) is 12.7 Å². The van der Waals surface area contributed by atoms with E-state index in [4.69, 9.17) is 9.47 Å². The maximum absolute atomic E-state index is 13.4. The fourth-order valence-electron chi connectivity index (χ4n) is 4.17. The molecule has 0 saturated heterocycles. The molecule has 5 rings (SSSR count). The molecule has 172 valence electrons. The van der Waals surface area contributed by atoms with Gasteiger partial charge in [0, 0.05) is 33.5 Å². The number of halogens is 2. The maximum atomic E-state index is 13.4. The zero-order valence-electron chi connectivity index (χ0n) is 18.6. The van der Waals surface area contributed by atoms with Gasteiger partial charge in [0.2, 0.25) is 5.69 Å². The SMILES string of the molecule is COC(=O)c1ccc(-c2c3[nH]c4ccc(OC)cc4c3cc[n+]2Cc2ccc(F)cc2)cc1.[Br-]. The molecule has 2 heterocycles. The van der Waals surface area contributed by atoms with Crippen LogP contribution in [0.15, 0.2) is 79.0 Å². The third kappa shape index (κ3) is 4.26. The Morgan fingerprint density at radius 1 is 0.941 bits per heavy atom. The van der Waals surface area contributed by atoms with Crippen LogP contribution in [0.1, 0.15) is 15.9 Å². The zero-order chi connectivity index (χ0) is 22.9. The number of hydrogen-bond acceptors (Lipinski definition) is 3. The van der Waals surface area contributed by atoms with Crippen molar-refractivity contribution >= 4 is 27.8 Å². The number of carbonyl (C=O) groups is 1. The number of methoxy groups -OCH3 is 2. The molecular weight excluding hydrogens is 499 g/mol. The smallest absolute Gasteiger partial charge is 0.337 e. The van der Waals surface area contributed by atoms with Gasteiger partial charge in [-0.1, -0.05) is 0 Å². The molecule has 0 aliphatic heterocycles. The summed E-state index contributed by atoms with van der Waals surface area (Å²) in [5, 5.41) is 2.12. The van der Waals surface area contributed by atoms with Crippen molar-refractivity contribution in [3.8, 4) is 17.0 Å². The molecule has 0 atom stereocenters. The number of nitrogens with zero attached hydrogens (tertiary/aromatic N) is 1. The topological polar surface area (TPSA) is 55.2 Å². The van der Waals surface area contributed by atoms with E-state index in [1.54, 1.807) is 31.4 Å². The second-order valence-corrected chi connectivity index (χ2v) is 7.81. The Balaban J connectivity index is 0.00000274. The van der Waals surface area contributed by atoms with Crippen LogP contribution < -0.4 is 26.3 Å². The Morgan fingerprint density at radius 3 is 2.35 bits per heavy atom. The van der Waals surface area contributed by atoms with E-state index in [9.17, 15) is 9.18 Å². The molecule has 0 aliphatic carbocycles. The van der Waals surface area contributed by atoms with Crippen molar-refractivity contribution in [1.29, 1.82) is 0 Å². The summed E-state index contributed by atoms with van der Waals surface area (Å²) in [6.45, 7) is 0.559. The summed E-state index contributed by atoms with van der Waals surface area (Å²) in [5.41, 5.74) is 5.33. The Bertz CT molecular complexity index is 1480. The van der Waals surface area contributed by atoms with Crippen molar-refractivity contribution in [3.63, 3.8) is 0 Å². The highest BCUT2D eigenvalue weighted by Gasteiger charge is 2.22. The number of aromatic nitrogens is 2. The van der Waals surface area contributed by atoms with Gasteiger partial charge in [-0.15, -0.1) is 0 Å². The summed E-state index contributed by atoms with van der Waals surface area (Å²) in [5.74, 6) is 0.148. The van der Waals surface area contributed by atoms with Crippen LogP contribution >= 0.6 is 0 Å². The molecule has 0 radical (unpaired) electrons. The minimum Gasteiger partial charge on any atom is -1.00 e. The van der Waals surface area contributed by atoms with E-state index >= 15 is 0 Å². The van der Waals surface area contributed by atoms with Crippen LogP contribution in [0.5, 0.6) is 5.75 Å². The van der Waals surface area contributed by atoms with Crippen LogP contribution in [0.25, 0.3) is 33.1 Å². The van der Waals surface area contributed by atoms with Gasteiger partial charge in [0.05, 0.1) is 19.8 Å². The maximum Gasteiger partial charge on any atom is 0.337 e. The molecular formula is C27H22BrFN2O3. The highest BCUT2D eigenvalue weighted by molar-refractivity contribution is 6.10. The standard InChI is InChI=1S/C27H21FN2O3.BrH/c1-32-21-11-12-24-23(15-21)22-13-14-30(16-17-3-9-20(28)10-4-17)26(25(22)29-24)18-5-7-19(8-6-18)27(31)33-2;/h3-15H,16H2,1-2H3;1H. The van der Waals surface area contributed by atoms with Gasteiger partial charge in [-0.3, -0.25) is 0 Å². The van der Waals surface area contributed by atoms with E-state index < -0.39 is 0 Å². The molecule has 2 aromatic heterocycles. The number of pyridine rings is 1. The fourth-order valence-corrected chi connectivity index (χ4v) is 4.17. The monoisotopic (exact) mass is 520 g/mol. The molecule has 0 amide bonds. The average molecular weight is 521 g/mol. The number of benzene rings is 3. The number of nitrogens with one attached hydrogen (secondary N) is 1. The highest BCUT2D eigenvalue weighted by atomic mass is 79.9. The van der Waals surface area contributed by atoms with Crippen molar-refractivity contribution in [1.82, 2.24) is 4.98 Å². The molecule has 34 heavy (non-hydrogen) atoms. The summed E-state index contributed by atoms with van der Waals surface area (Å²) in [6, 6.07) is 21.9. The third-order valence-electron chi connectivity index (χ3n) is 5.84. The summed E-state index contributed by atoms with van der Waals surface area (Å²) < 4.78 is 25.8. The Morgan fingerprint density at radius 2 is 1.68 bits per heavy atom. The van der Waals surface area contributed by atoms with Gasteiger partial charge < -0.3 is 31.4 Å². The molecule has 5 aromatic rings. The van der Waals surface area contributed by atoms with Gasteiger partial charge in [0.1, 0.15) is 17.1 Å². The normalized spacial score (nSPS) is 10.8. The van der Waals surface area contributed by atoms with Crippen molar-refractivity contribution < 1.29 is 40.2 Å². The Hall–Kier alpha value is -3.71. The number of ether oxygens (including phenoxy) is 2. The van der Waals surface area contributed by atoms with E-state index in [2.05, 4.69) is 15.6 Å². The van der Waals surface area contributed by atoms with Gasteiger partial charge in [-0.05, 0) is 66.7 Å². The van der Waals surface area contributed by atoms with E-state index in [0.29, 0.717) is 12.1 Å². The summed E-state index contributed by atoms with van der Waals surface area (Å²) in [7, 11) is 3.02. The van der Waals surface area contributed by atoms with Crippen LogP contribution in [-0.4, -0.2) is 25.2 Å². The number of H-pyrrole nitrogens is 1. The predicted molar refractivity (Wildman–Crippen MR) is 125 cm³/mol. The van der Waals surface area contributed by atoms with E-state index in [0.717, 1.165) is 44.4 Å². The van der Waals surface area contributed by atoms with Gasteiger partial charge in [0.25, 0.3) is 0 Å². The molecule has 0 fully saturated rings. The number of hydrogen-bond donors (Lipinski definition) is 1. The lowest BCUT2D eigenvalue weighted by molar-refractivity contribution is -0.676. The molecule has 0 aliphatic rings. The Kier molecular flexibility index (Phi) is 6.65. The Labute approximate surface area is 206 Å². The largest absolute Gasteiger partial charge is 1.00 e. The lowest BCUT2D eigenvalue weighted by atomic mass is 10.0. The zero-order valence-corrected chi connectivity index (χ0v) is 20.2. The predicted octanol–water partition coefficient (Wildman–Crippen LogP) is 2.26. The minimum absolute atomic E-state index is 0. The number of fused-ring (bicyclic) bond motifs is 3. The average Bonchev–Trinajstić information content (AvgIpc) is 3.22. The molecule has 0 unspecified atom stereocenters. The highest BCUT2D eigenvalue weighted by Crippen LogP contribution is 2.33. The molecule has 0 bridgehead atoms. The van der Waals surface area contributed by atoms with Crippen LogP contribution in [0.4, 0.5) is 4.39 Å².